The molecule has 8 heteroatoms. The van der Waals surface area contributed by atoms with E-state index >= 15 is 0 Å². The molecule has 1 aromatic carbocycles. The molecule has 7 nitrogen and oxygen atoms in total. The Hall–Kier alpha value is -2.76. The quantitative estimate of drug-likeness (QED) is 0.411. The first-order chi connectivity index (χ1) is 12.7. The van der Waals surface area contributed by atoms with E-state index in [1.165, 1.54) is 17.4 Å². The predicted octanol–water partition coefficient (Wildman–Crippen LogP) is 3.41. The number of ether oxygens (including phenoxy) is 2. The zero-order valence-electron chi connectivity index (χ0n) is 14.7. The number of nitrogens with zero attached hydrogens (tertiary/aromatic N) is 3. The van der Waals surface area contributed by atoms with Crippen LogP contribution in [0.2, 0.25) is 0 Å². The summed E-state index contributed by atoms with van der Waals surface area (Å²) in [5, 5.41) is 20.5. The van der Waals surface area contributed by atoms with Crippen LogP contribution >= 0.6 is 11.3 Å². The molecule has 136 valence electrons. The molecule has 0 aliphatic heterocycles. The summed E-state index contributed by atoms with van der Waals surface area (Å²) in [7, 11) is 1.55. The van der Waals surface area contributed by atoms with Crippen molar-refractivity contribution in [1.29, 1.82) is 5.26 Å². The van der Waals surface area contributed by atoms with Crippen LogP contribution in [0.4, 0.5) is 5.13 Å². The molecule has 0 atom stereocenters. The van der Waals surface area contributed by atoms with Crippen LogP contribution in [0.5, 0.6) is 5.75 Å². The number of aromatic nitrogens is 2. The van der Waals surface area contributed by atoms with Gasteiger partial charge in [-0.15, -0.1) is 10.2 Å². The van der Waals surface area contributed by atoms with Crippen molar-refractivity contribution in [3.8, 4) is 11.8 Å². The minimum atomic E-state index is -0.532. The Morgan fingerprint density at radius 3 is 2.77 bits per heavy atom. The van der Waals surface area contributed by atoms with E-state index in [1.807, 2.05) is 18.2 Å². The Morgan fingerprint density at radius 2 is 2.12 bits per heavy atom. The van der Waals surface area contributed by atoms with Crippen molar-refractivity contribution in [2.24, 2.45) is 0 Å². The summed E-state index contributed by atoms with van der Waals surface area (Å²) in [6.07, 6.45) is 3.59. The molecule has 1 N–H and O–H groups in total. The molecular formula is C18H20N4O3S. The smallest absolute Gasteiger partial charge is 0.268 e. The lowest BCUT2D eigenvalue weighted by atomic mass is 10.1. The van der Waals surface area contributed by atoms with Gasteiger partial charge >= 0.3 is 0 Å². The summed E-state index contributed by atoms with van der Waals surface area (Å²) in [6.45, 7) is 3.09. The van der Waals surface area contributed by atoms with Crippen LogP contribution in [0.3, 0.4) is 0 Å². The average molecular weight is 372 g/mol. The van der Waals surface area contributed by atoms with E-state index in [2.05, 4.69) is 22.4 Å². The summed E-state index contributed by atoms with van der Waals surface area (Å²) in [5.74, 6) is 0.231. The molecule has 0 unspecified atom stereocenters. The molecule has 1 amide bonds. The Balaban J connectivity index is 2.01. The van der Waals surface area contributed by atoms with Gasteiger partial charge < -0.3 is 9.47 Å². The maximum atomic E-state index is 12.2. The Kier molecular flexibility index (Phi) is 7.74. The molecular weight excluding hydrogens is 352 g/mol. The second kappa shape index (κ2) is 10.3. The van der Waals surface area contributed by atoms with E-state index in [0.717, 1.165) is 24.2 Å². The van der Waals surface area contributed by atoms with Gasteiger partial charge in [-0.2, -0.15) is 5.26 Å². The molecule has 0 aliphatic rings. The molecule has 2 aromatic rings. The molecule has 0 fully saturated rings. The Morgan fingerprint density at radius 1 is 1.35 bits per heavy atom. The Bertz CT molecular complexity index is 794. The van der Waals surface area contributed by atoms with Gasteiger partial charge in [-0.25, -0.2) is 0 Å². The first kappa shape index (κ1) is 19.6. The molecule has 0 aliphatic carbocycles. The molecule has 0 spiro atoms. The summed E-state index contributed by atoms with van der Waals surface area (Å²) in [6, 6.07) is 9.14. The van der Waals surface area contributed by atoms with E-state index < -0.39 is 5.91 Å². The first-order valence-electron chi connectivity index (χ1n) is 8.13. The third-order valence-corrected chi connectivity index (χ3v) is 4.09. The fourth-order valence-electron chi connectivity index (χ4n) is 1.96. The maximum absolute atomic E-state index is 12.2. The van der Waals surface area contributed by atoms with Crippen molar-refractivity contribution in [3.63, 3.8) is 0 Å². The largest absolute Gasteiger partial charge is 0.494 e. The number of hydrogen-bond acceptors (Lipinski definition) is 7. The normalized spacial score (nSPS) is 11.0. The summed E-state index contributed by atoms with van der Waals surface area (Å²) >= 11 is 1.20. The number of methoxy groups -OCH3 is 1. The third kappa shape index (κ3) is 5.95. The topological polar surface area (TPSA) is 97.1 Å². The highest BCUT2D eigenvalue weighted by molar-refractivity contribution is 7.15. The molecule has 2 rings (SSSR count). The van der Waals surface area contributed by atoms with E-state index in [-0.39, 0.29) is 5.57 Å². The van der Waals surface area contributed by atoms with Gasteiger partial charge in [0.15, 0.2) is 0 Å². The fraction of sp³-hybridized carbons (Fsp3) is 0.333. The second-order valence-corrected chi connectivity index (χ2v) is 6.39. The van der Waals surface area contributed by atoms with Crippen LogP contribution in [-0.4, -0.2) is 29.8 Å². The fourth-order valence-corrected chi connectivity index (χ4v) is 2.67. The number of rotatable bonds is 9. The highest BCUT2D eigenvalue weighted by Crippen LogP contribution is 2.18. The molecule has 26 heavy (non-hydrogen) atoms. The highest BCUT2D eigenvalue weighted by Gasteiger charge is 2.13. The van der Waals surface area contributed by atoms with E-state index in [1.54, 1.807) is 19.2 Å². The molecule has 1 heterocycles. The minimum Gasteiger partial charge on any atom is -0.494 e. The number of amides is 1. The zero-order valence-corrected chi connectivity index (χ0v) is 15.5. The summed E-state index contributed by atoms with van der Waals surface area (Å²) in [4.78, 5) is 12.2. The SMILES string of the molecule is CCCCOc1ccc(/C=C(\C#N)C(=O)Nc2nnc(COC)s2)cc1. The summed E-state index contributed by atoms with van der Waals surface area (Å²) < 4.78 is 10.5. The van der Waals surface area contributed by atoms with Crippen LogP contribution in [0.15, 0.2) is 29.8 Å². The predicted molar refractivity (Wildman–Crippen MR) is 99.7 cm³/mol. The number of carbonyl (C=O) groups is 1. The van der Waals surface area contributed by atoms with Crippen molar-refractivity contribution in [3.05, 3.63) is 40.4 Å². The van der Waals surface area contributed by atoms with E-state index in [0.29, 0.717) is 23.4 Å². The van der Waals surface area contributed by atoms with Gasteiger partial charge in [0, 0.05) is 7.11 Å². The molecule has 0 saturated carbocycles. The van der Waals surface area contributed by atoms with Gasteiger partial charge in [0.25, 0.3) is 5.91 Å². The van der Waals surface area contributed by atoms with Crippen LogP contribution in [-0.2, 0) is 16.1 Å². The number of anilines is 1. The van der Waals surface area contributed by atoms with Crippen molar-refractivity contribution in [2.75, 3.05) is 19.0 Å². The molecule has 0 radical (unpaired) electrons. The van der Waals surface area contributed by atoms with Gasteiger partial charge in [-0.1, -0.05) is 36.8 Å². The van der Waals surface area contributed by atoms with E-state index in [9.17, 15) is 10.1 Å². The van der Waals surface area contributed by atoms with Crippen LogP contribution in [0, 0.1) is 11.3 Å². The lowest BCUT2D eigenvalue weighted by molar-refractivity contribution is -0.112. The van der Waals surface area contributed by atoms with Gasteiger partial charge in [-0.05, 0) is 30.2 Å². The second-order valence-electron chi connectivity index (χ2n) is 5.33. The number of hydrogen-bond donors (Lipinski definition) is 1. The van der Waals surface area contributed by atoms with Crippen LogP contribution in [0.25, 0.3) is 6.08 Å². The number of benzene rings is 1. The summed E-state index contributed by atoms with van der Waals surface area (Å²) in [5.41, 5.74) is 0.713. The number of nitriles is 1. The highest BCUT2D eigenvalue weighted by atomic mass is 32.1. The van der Waals surface area contributed by atoms with Crippen LogP contribution in [0.1, 0.15) is 30.3 Å². The third-order valence-electron chi connectivity index (χ3n) is 3.28. The Labute approximate surface area is 156 Å². The number of carbonyl (C=O) groups excluding carboxylic acids is 1. The monoisotopic (exact) mass is 372 g/mol. The van der Waals surface area contributed by atoms with Gasteiger partial charge in [0.2, 0.25) is 5.13 Å². The standard InChI is InChI=1S/C18H20N4O3S/c1-3-4-9-25-15-7-5-13(6-8-15)10-14(11-19)17(23)20-18-22-21-16(26-18)12-24-2/h5-8,10H,3-4,9,12H2,1-2H3,(H,20,22,23)/b14-10+. The molecule has 0 saturated heterocycles. The molecule has 0 bridgehead atoms. The lowest BCUT2D eigenvalue weighted by Crippen LogP contribution is -2.13. The zero-order chi connectivity index (χ0) is 18.8. The molecule has 1 aromatic heterocycles. The van der Waals surface area contributed by atoms with Gasteiger partial charge in [0.05, 0.1) is 6.61 Å². The van der Waals surface area contributed by atoms with E-state index in [4.69, 9.17) is 9.47 Å². The number of unbranched alkanes of at least 4 members (excludes halogenated alkanes) is 1. The average Bonchev–Trinajstić information content (AvgIpc) is 3.08. The van der Waals surface area contributed by atoms with Gasteiger partial charge in [0.1, 0.15) is 29.0 Å². The van der Waals surface area contributed by atoms with Crippen LogP contribution < -0.4 is 10.1 Å². The number of nitrogens with one attached hydrogen (secondary N) is 1. The van der Waals surface area contributed by atoms with Crippen molar-refractivity contribution < 1.29 is 14.3 Å². The van der Waals surface area contributed by atoms with Crippen molar-refractivity contribution in [2.45, 2.75) is 26.4 Å². The lowest BCUT2D eigenvalue weighted by Gasteiger charge is -2.05. The van der Waals surface area contributed by atoms with Crippen molar-refractivity contribution >= 4 is 28.5 Å². The van der Waals surface area contributed by atoms with Crippen molar-refractivity contribution in [1.82, 2.24) is 10.2 Å². The first-order valence-corrected chi connectivity index (χ1v) is 8.95. The minimum absolute atomic E-state index is 0.0202. The van der Waals surface area contributed by atoms with Gasteiger partial charge in [-0.3, -0.25) is 10.1 Å². The maximum Gasteiger partial charge on any atom is 0.268 e.